The highest BCUT2D eigenvalue weighted by Crippen LogP contribution is 2.36. The number of nitrogens with zero attached hydrogens (tertiary/aromatic N) is 3. The molecule has 0 aliphatic carbocycles. The topological polar surface area (TPSA) is 77.8 Å². The normalized spacial score (nSPS) is 10.6. The summed E-state index contributed by atoms with van der Waals surface area (Å²) in [6.45, 7) is 0. The Morgan fingerprint density at radius 1 is 1.16 bits per heavy atom. The minimum absolute atomic E-state index is 0.171. The van der Waals surface area contributed by atoms with E-state index in [-0.39, 0.29) is 17.1 Å². The number of rotatable bonds is 2. The molecule has 0 aromatic carbocycles. The molecule has 3 rings (SSSR count). The van der Waals surface area contributed by atoms with Crippen LogP contribution in [0.25, 0.3) is 22.6 Å². The lowest BCUT2D eigenvalue weighted by Crippen LogP contribution is -1.92. The van der Waals surface area contributed by atoms with Gasteiger partial charge in [0.05, 0.1) is 23.0 Å². The molecule has 0 atom stereocenters. The third-order valence-corrected chi connectivity index (χ3v) is 2.66. The molecule has 0 bridgehead atoms. The number of hydrogen-bond donors (Lipinski definition) is 1. The van der Waals surface area contributed by atoms with Crippen molar-refractivity contribution in [2.75, 3.05) is 5.73 Å². The average molecular weight is 256 g/mol. The lowest BCUT2D eigenvalue weighted by molar-refractivity contribution is 0.433. The molecule has 0 spiro atoms. The molecule has 0 aliphatic heterocycles. The molecule has 0 aliphatic rings. The summed E-state index contributed by atoms with van der Waals surface area (Å²) in [6, 6.07) is 6.84. The van der Waals surface area contributed by atoms with Crippen molar-refractivity contribution in [3.63, 3.8) is 0 Å². The molecule has 3 aromatic heterocycles. The van der Waals surface area contributed by atoms with Crippen LogP contribution in [0.1, 0.15) is 0 Å². The number of anilines is 1. The Balaban J connectivity index is 2.23. The third-order valence-electron chi connectivity index (χ3n) is 2.66. The highest BCUT2D eigenvalue weighted by molar-refractivity contribution is 5.84. The van der Waals surface area contributed by atoms with E-state index in [0.29, 0.717) is 11.3 Å². The zero-order valence-electron chi connectivity index (χ0n) is 9.75. The van der Waals surface area contributed by atoms with Gasteiger partial charge in [-0.3, -0.25) is 9.97 Å². The van der Waals surface area contributed by atoms with Gasteiger partial charge in [-0.1, -0.05) is 11.2 Å². The Labute approximate surface area is 107 Å². The number of hydrogen-bond acceptors (Lipinski definition) is 5. The molecule has 0 saturated carbocycles. The molecule has 3 heterocycles. The number of pyridine rings is 2. The van der Waals surface area contributed by atoms with E-state index in [1.807, 2.05) is 6.07 Å². The van der Waals surface area contributed by atoms with Crippen LogP contribution >= 0.6 is 0 Å². The van der Waals surface area contributed by atoms with Crippen LogP contribution in [-0.2, 0) is 0 Å². The van der Waals surface area contributed by atoms with E-state index >= 15 is 0 Å². The highest BCUT2D eigenvalue weighted by Gasteiger charge is 2.20. The van der Waals surface area contributed by atoms with Gasteiger partial charge >= 0.3 is 0 Å². The second-order valence-electron chi connectivity index (χ2n) is 3.84. The van der Waals surface area contributed by atoms with Crippen molar-refractivity contribution in [1.82, 2.24) is 15.1 Å². The maximum absolute atomic E-state index is 13.8. The predicted molar refractivity (Wildman–Crippen MR) is 67.3 cm³/mol. The third kappa shape index (κ3) is 1.93. The highest BCUT2D eigenvalue weighted by atomic mass is 19.1. The molecule has 94 valence electrons. The Hall–Kier alpha value is -2.76. The van der Waals surface area contributed by atoms with Crippen LogP contribution < -0.4 is 5.73 Å². The number of nitrogens with two attached hydrogens (primary N) is 1. The summed E-state index contributed by atoms with van der Waals surface area (Å²) in [5.74, 6) is -0.0863. The Kier molecular flexibility index (Phi) is 2.68. The van der Waals surface area contributed by atoms with Gasteiger partial charge in [-0.15, -0.1) is 0 Å². The molecule has 3 aromatic rings. The van der Waals surface area contributed by atoms with Gasteiger partial charge in [-0.05, 0) is 18.2 Å². The number of aromatic nitrogens is 3. The lowest BCUT2D eigenvalue weighted by atomic mass is 10.1. The van der Waals surface area contributed by atoms with Crippen LogP contribution in [0.5, 0.6) is 0 Å². The summed E-state index contributed by atoms with van der Waals surface area (Å²) in [6.07, 6.45) is 4.20. The minimum Gasteiger partial charge on any atom is -0.380 e. The van der Waals surface area contributed by atoms with Gasteiger partial charge in [0.1, 0.15) is 0 Å². The standard InChI is InChI=1S/C13H9FN4O/c14-9-7-16-6-4-8(9)12-11(13(15)18-19-12)10-3-1-2-5-17-10/h1-7H,(H2,15,18). The number of halogens is 1. The molecular weight excluding hydrogens is 247 g/mol. The predicted octanol–water partition coefficient (Wildman–Crippen LogP) is 2.52. The van der Waals surface area contributed by atoms with Crippen molar-refractivity contribution in [2.45, 2.75) is 0 Å². The summed E-state index contributed by atoms with van der Waals surface area (Å²) in [5, 5.41) is 3.69. The van der Waals surface area contributed by atoms with Crippen molar-refractivity contribution in [3.05, 3.63) is 48.7 Å². The molecule has 6 heteroatoms. The molecule has 0 amide bonds. The first kappa shape index (κ1) is 11.3. The zero-order chi connectivity index (χ0) is 13.2. The summed E-state index contributed by atoms with van der Waals surface area (Å²) in [5.41, 5.74) is 7.08. The first-order valence-electron chi connectivity index (χ1n) is 5.54. The van der Waals surface area contributed by atoms with Crippen molar-refractivity contribution in [2.24, 2.45) is 0 Å². The molecule has 0 saturated heterocycles. The number of nitrogen functional groups attached to an aromatic ring is 1. The van der Waals surface area contributed by atoms with Gasteiger partial charge in [-0.25, -0.2) is 4.39 Å². The van der Waals surface area contributed by atoms with Crippen LogP contribution in [0.2, 0.25) is 0 Å². The van der Waals surface area contributed by atoms with E-state index in [9.17, 15) is 4.39 Å². The minimum atomic E-state index is -0.504. The van der Waals surface area contributed by atoms with Crippen LogP contribution in [0.3, 0.4) is 0 Å². The SMILES string of the molecule is Nc1noc(-c2ccncc2F)c1-c1ccccn1. The van der Waals surface area contributed by atoms with Crippen LogP contribution in [0.4, 0.5) is 10.2 Å². The van der Waals surface area contributed by atoms with Crippen LogP contribution in [0, 0.1) is 5.82 Å². The zero-order valence-corrected chi connectivity index (χ0v) is 9.75. The van der Waals surface area contributed by atoms with Gasteiger partial charge in [-0.2, -0.15) is 0 Å². The van der Waals surface area contributed by atoms with Crippen molar-refractivity contribution >= 4 is 5.82 Å². The second-order valence-corrected chi connectivity index (χ2v) is 3.84. The quantitative estimate of drug-likeness (QED) is 0.762. The summed E-state index contributed by atoms with van der Waals surface area (Å²) >= 11 is 0. The fourth-order valence-corrected chi connectivity index (χ4v) is 1.80. The van der Waals surface area contributed by atoms with E-state index in [2.05, 4.69) is 15.1 Å². The molecule has 19 heavy (non-hydrogen) atoms. The summed E-state index contributed by atoms with van der Waals surface area (Å²) in [7, 11) is 0. The van der Waals surface area contributed by atoms with E-state index < -0.39 is 5.82 Å². The van der Waals surface area contributed by atoms with Gasteiger partial charge in [0.25, 0.3) is 0 Å². The van der Waals surface area contributed by atoms with Crippen LogP contribution in [0.15, 0.2) is 47.4 Å². The largest absolute Gasteiger partial charge is 0.380 e. The fourth-order valence-electron chi connectivity index (χ4n) is 1.80. The average Bonchev–Trinajstić information content (AvgIpc) is 2.82. The lowest BCUT2D eigenvalue weighted by Gasteiger charge is -2.02. The van der Waals surface area contributed by atoms with E-state index in [1.54, 1.807) is 18.3 Å². The maximum atomic E-state index is 13.8. The Morgan fingerprint density at radius 2 is 2.05 bits per heavy atom. The summed E-state index contributed by atoms with van der Waals surface area (Å²) < 4.78 is 18.9. The van der Waals surface area contributed by atoms with Crippen LogP contribution in [-0.4, -0.2) is 15.1 Å². The first-order chi connectivity index (χ1) is 9.27. The maximum Gasteiger partial charge on any atom is 0.181 e. The van der Waals surface area contributed by atoms with E-state index in [4.69, 9.17) is 10.3 Å². The second kappa shape index (κ2) is 4.49. The van der Waals surface area contributed by atoms with Gasteiger partial charge in [0, 0.05) is 12.4 Å². The van der Waals surface area contributed by atoms with Crippen molar-refractivity contribution < 1.29 is 8.91 Å². The molecule has 0 fully saturated rings. The Bertz CT molecular complexity index is 712. The fraction of sp³-hybridized carbons (Fsp3) is 0. The molecule has 0 unspecified atom stereocenters. The Morgan fingerprint density at radius 3 is 2.79 bits per heavy atom. The monoisotopic (exact) mass is 256 g/mol. The van der Waals surface area contributed by atoms with Gasteiger partial charge in [0.15, 0.2) is 17.4 Å². The van der Waals surface area contributed by atoms with Crippen molar-refractivity contribution in [1.29, 1.82) is 0 Å². The van der Waals surface area contributed by atoms with E-state index in [1.165, 1.54) is 12.3 Å². The molecular formula is C13H9FN4O. The summed E-state index contributed by atoms with van der Waals surface area (Å²) in [4.78, 5) is 7.88. The van der Waals surface area contributed by atoms with Gasteiger partial charge < -0.3 is 10.3 Å². The molecule has 5 nitrogen and oxygen atoms in total. The first-order valence-corrected chi connectivity index (χ1v) is 5.54. The smallest absolute Gasteiger partial charge is 0.181 e. The van der Waals surface area contributed by atoms with E-state index in [0.717, 1.165) is 6.20 Å². The molecule has 0 radical (unpaired) electrons. The molecule has 2 N–H and O–H groups in total. The van der Waals surface area contributed by atoms with Crippen molar-refractivity contribution in [3.8, 4) is 22.6 Å². The van der Waals surface area contributed by atoms with Gasteiger partial charge in [0.2, 0.25) is 0 Å².